The number of terminal acetylenes is 1. The van der Waals surface area contributed by atoms with Crippen molar-refractivity contribution in [3.05, 3.63) is 34.9 Å². The molecule has 7 nitrogen and oxygen atoms in total. The van der Waals surface area contributed by atoms with E-state index in [4.69, 9.17) is 11.2 Å². The third-order valence-electron chi connectivity index (χ3n) is 5.38. The first-order valence-electron chi connectivity index (χ1n) is 11.7. The van der Waals surface area contributed by atoms with Crippen LogP contribution in [0.2, 0.25) is 0 Å². The molecule has 34 heavy (non-hydrogen) atoms. The molecule has 2 N–H and O–H groups in total. The van der Waals surface area contributed by atoms with Crippen LogP contribution in [0.3, 0.4) is 0 Å². The molecule has 7 heteroatoms. The van der Waals surface area contributed by atoms with Crippen molar-refractivity contribution in [2.75, 3.05) is 0 Å². The van der Waals surface area contributed by atoms with Crippen molar-refractivity contribution in [2.45, 2.75) is 98.9 Å². The molecule has 0 aliphatic rings. The molecule has 1 aromatic rings. The minimum absolute atomic E-state index is 0.248. The van der Waals surface area contributed by atoms with Crippen LogP contribution in [0.4, 0.5) is 4.79 Å². The highest BCUT2D eigenvalue weighted by molar-refractivity contribution is 5.93. The van der Waals surface area contributed by atoms with Gasteiger partial charge in [-0.15, -0.1) is 0 Å². The van der Waals surface area contributed by atoms with E-state index in [0.29, 0.717) is 12.0 Å². The fourth-order valence-electron chi connectivity index (χ4n) is 3.32. The molecule has 0 spiro atoms. The van der Waals surface area contributed by atoms with Gasteiger partial charge in [0.2, 0.25) is 5.91 Å². The van der Waals surface area contributed by atoms with E-state index in [1.165, 1.54) is 0 Å². The SMILES string of the molecule is C#CN(C(=O)C(NC(=O)OC(C)(C)C)C(C)CC)C(C(=O)NC(C)(C)C)c1ccc(C)c(C)c1. The number of aryl methyl sites for hydroxylation is 2. The van der Waals surface area contributed by atoms with Gasteiger partial charge in [0.05, 0.1) is 0 Å². The van der Waals surface area contributed by atoms with Crippen molar-refractivity contribution in [3.8, 4) is 12.5 Å². The quantitative estimate of drug-likeness (QED) is 0.449. The lowest BCUT2D eigenvalue weighted by atomic mass is 9.94. The van der Waals surface area contributed by atoms with Gasteiger partial charge >= 0.3 is 6.09 Å². The fraction of sp³-hybridized carbons (Fsp3) is 0.593. The van der Waals surface area contributed by atoms with E-state index in [1.54, 1.807) is 26.8 Å². The summed E-state index contributed by atoms with van der Waals surface area (Å²) in [4.78, 5) is 40.8. The summed E-state index contributed by atoms with van der Waals surface area (Å²) in [6, 6.07) is 5.93. The normalized spacial score (nSPS) is 14.3. The maximum absolute atomic E-state index is 13.7. The number of hydrogen-bond acceptors (Lipinski definition) is 4. The maximum Gasteiger partial charge on any atom is 0.408 e. The van der Waals surface area contributed by atoms with Crippen molar-refractivity contribution >= 4 is 17.9 Å². The van der Waals surface area contributed by atoms with Crippen LogP contribution in [0.5, 0.6) is 0 Å². The zero-order chi connectivity index (χ0) is 26.4. The number of ether oxygens (including phenoxy) is 1. The van der Waals surface area contributed by atoms with E-state index in [1.807, 2.05) is 60.6 Å². The molecule has 1 aromatic carbocycles. The average Bonchev–Trinajstić information content (AvgIpc) is 2.68. The van der Waals surface area contributed by atoms with Gasteiger partial charge in [0.25, 0.3) is 5.91 Å². The van der Waals surface area contributed by atoms with Crippen LogP contribution in [-0.4, -0.2) is 40.0 Å². The molecule has 3 amide bonds. The first-order valence-corrected chi connectivity index (χ1v) is 11.7. The van der Waals surface area contributed by atoms with Gasteiger partial charge in [-0.1, -0.05) is 44.9 Å². The number of nitrogens with zero attached hydrogens (tertiary/aromatic N) is 1. The van der Waals surface area contributed by atoms with Crippen LogP contribution in [0.15, 0.2) is 18.2 Å². The molecule has 0 aliphatic carbocycles. The first kappa shape index (κ1) is 29.0. The molecule has 0 aromatic heterocycles. The summed E-state index contributed by atoms with van der Waals surface area (Å²) in [5.74, 6) is -1.20. The smallest absolute Gasteiger partial charge is 0.408 e. The standard InChI is InChI=1S/C27H41N3O4/c1-12-17(3)21(28-25(33)34-27(9,10)11)24(32)30(13-2)22(23(31)29-26(6,7)8)20-15-14-18(4)19(5)16-20/h2,14-17,21-22H,12H2,1,3-11H3,(H,28,33)(H,29,31). The van der Waals surface area contributed by atoms with Crippen LogP contribution < -0.4 is 10.6 Å². The van der Waals surface area contributed by atoms with Crippen molar-refractivity contribution < 1.29 is 19.1 Å². The number of alkyl carbamates (subject to hydrolysis) is 1. The Balaban J connectivity index is 3.49. The molecule has 0 radical (unpaired) electrons. The van der Waals surface area contributed by atoms with Gasteiger partial charge in [0.1, 0.15) is 17.7 Å². The summed E-state index contributed by atoms with van der Waals surface area (Å²) in [6.45, 7) is 18.5. The Kier molecular flexibility index (Phi) is 9.74. The van der Waals surface area contributed by atoms with Gasteiger partial charge in [-0.25, -0.2) is 4.79 Å². The van der Waals surface area contributed by atoms with Gasteiger partial charge in [-0.05, 0) is 78.0 Å². The zero-order valence-corrected chi connectivity index (χ0v) is 22.3. The monoisotopic (exact) mass is 471 g/mol. The number of hydrogen-bond donors (Lipinski definition) is 2. The number of carbonyl (C=O) groups is 3. The highest BCUT2D eigenvalue weighted by Gasteiger charge is 2.38. The van der Waals surface area contributed by atoms with E-state index < -0.39 is 41.1 Å². The molecule has 188 valence electrons. The van der Waals surface area contributed by atoms with Gasteiger partial charge in [-0.2, -0.15) is 0 Å². The summed E-state index contributed by atoms with van der Waals surface area (Å²) in [6.07, 6.45) is 5.71. The third-order valence-corrected chi connectivity index (χ3v) is 5.38. The molecule has 0 saturated carbocycles. The van der Waals surface area contributed by atoms with E-state index in [-0.39, 0.29) is 5.92 Å². The van der Waals surface area contributed by atoms with Crippen LogP contribution >= 0.6 is 0 Å². The van der Waals surface area contributed by atoms with Crippen LogP contribution in [0.25, 0.3) is 0 Å². The third kappa shape index (κ3) is 8.40. The maximum atomic E-state index is 13.7. The van der Waals surface area contributed by atoms with E-state index in [9.17, 15) is 14.4 Å². The molecule has 0 heterocycles. The molecule has 0 saturated heterocycles. The van der Waals surface area contributed by atoms with Crippen molar-refractivity contribution in [1.82, 2.24) is 15.5 Å². The second kappa shape index (κ2) is 11.4. The number of carbonyl (C=O) groups excluding carboxylic acids is 3. The highest BCUT2D eigenvalue weighted by atomic mass is 16.6. The second-order valence-electron chi connectivity index (χ2n) is 10.8. The van der Waals surface area contributed by atoms with Gasteiger partial charge < -0.3 is 15.4 Å². The molecular weight excluding hydrogens is 430 g/mol. The number of rotatable bonds is 7. The van der Waals surface area contributed by atoms with Crippen LogP contribution in [0.1, 0.15) is 84.5 Å². The highest BCUT2D eigenvalue weighted by Crippen LogP contribution is 2.26. The largest absolute Gasteiger partial charge is 0.444 e. The van der Waals surface area contributed by atoms with Gasteiger partial charge in [-0.3, -0.25) is 14.5 Å². The Bertz CT molecular complexity index is 935. The summed E-state index contributed by atoms with van der Waals surface area (Å²) < 4.78 is 5.36. The number of amides is 3. The lowest BCUT2D eigenvalue weighted by molar-refractivity contribution is -0.140. The Labute approximate surface area is 205 Å². The Morgan fingerprint density at radius 2 is 1.68 bits per heavy atom. The van der Waals surface area contributed by atoms with E-state index >= 15 is 0 Å². The molecule has 3 atom stereocenters. The molecule has 3 unspecified atom stereocenters. The summed E-state index contributed by atoms with van der Waals surface area (Å²) in [5.41, 5.74) is 1.36. The minimum atomic E-state index is -1.07. The Morgan fingerprint density at radius 1 is 1.09 bits per heavy atom. The molecular formula is C27H41N3O4. The van der Waals surface area contributed by atoms with Gasteiger partial charge in [0.15, 0.2) is 0 Å². The van der Waals surface area contributed by atoms with E-state index in [0.717, 1.165) is 16.0 Å². The Morgan fingerprint density at radius 3 is 2.12 bits per heavy atom. The number of benzene rings is 1. The fourth-order valence-corrected chi connectivity index (χ4v) is 3.32. The van der Waals surface area contributed by atoms with Crippen molar-refractivity contribution in [3.63, 3.8) is 0 Å². The molecule has 0 fully saturated rings. The number of nitrogens with one attached hydrogen (secondary N) is 2. The van der Waals surface area contributed by atoms with Crippen LogP contribution in [0, 0.1) is 32.2 Å². The summed E-state index contributed by atoms with van der Waals surface area (Å²) in [5, 5.41) is 5.61. The van der Waals surface area contributed by atoms with E-state index in [2.05, 4.69) is 16.7 Å². The first-order chi connectivity index (χ1) is 15.5. The van der Waals surface area contributed by atoms with Crippen molar-refractivity contribution in [1.29, 1.82) is 0 Å². The average molecular weight is 472 g/mol. The predicted octanol–water partition coefficient (Wildman–Crippen LogP) is 4.62. The minimum Gasteiger partial charge on any atom is -0.444 e. The molecule has 0 bridgehead atoms. The topological polar surface area (TPSA) is 87.7 Å². The Hall–Kier alpha value is -3.01. The zero-order valence-electron chi connectivity index (χ0n) is 22.3. The summed E-state index contributed by atoms with van der Waals surface area (Å²) in [7, 11) is 0. The summed E-state index contributed by atoms with van der Waals surface area (Å²) >= 11 is 0. The van der Waals surface area contributed by atoms with Crippen molar-refractivity contribution in [2.24, 2.45) is 5.92 Å². The predicted molar refractivity (Wildman–Crippen MR) is 135 cm³/mol. The molecule has 0 aliphatic heterocycles. The lowest BCUT2D eigenvalue weighted by Crippen LogP contribution is -2.55. The lowest BCUT2D eigenvalue weighted by Gasteiger charge is -2.34. The van der Waals surface area contributed by atoms with Crippen LogP contribution in [-0.2, 0) is 14.3 Å². The molecule has 1 rings (SSSR count). The second-order valence-corrected chi connectivity index (χ2v) is 10.8. The van der Waals surface area contributed by atoms with Gasteiger partial charge in [0, 0.05) is 11.6 Å².